The fourth-order valence-corrected chi connectivity index (χ4v) is 3.90. The average Bonchev–Trinajstić information content (AvgIpc) is 2.68. The van der Waals surface area contributed by atoms with Gasteiger partial charge in [0.05, 0.1) is 17.3 Å². The van der Waals surface area contributed by atoms with Gasteiger partial charge in [0.25, 0.3) is 0 Å². The molecule has 2 aromatic rings. The third-order valence-electron chi connectivity index (χ3n) is 5.07. The number of carbonyl (C=O) groups excluding carboxylic acids is 1. The molecule has 1 saturated heterocycles. The summed E-state index contributed by atoms with van der Waals surface area (Å²) in [5, 5.41) is 3.87. The van der Waals surface area contributed by atoms with Gasteiger partial charge in [-0.3, -0.25) is 4.79 Å². The highest BCUT2D eigenvalue weighted by Gasteiger charge is 2.22. The van der Waals surface area contributed by atoms with Crippen LogP contribution < -0.4 is 15.0 Å². The predicted molar refractivity (Wildman–Crippen MR) is 111 cm³/mol. The maximum absolute atomic E-state index is 14.1. The number of carbonyl (C=O) groups is 1. The van der Waals surface area contributed by atoms with Crippen molar-refractivity contribution in [2.24, 2.45) is 5.92 Å². The summed E-state index contributed by atoms with van der Waals surface area (Å²) in [5.74, 6) is 0.748. The van der Waals surface area contributed by atoms with Crippen LogP contribution in [0, 0.1) is 11.7 Å². The van der Waals surface area contributed by atoms with E-state index in [2.05, 4.69) is 5.32 Å². The predicted octanol–water partition coefficient (Wildman–Crippen LogP) is 4.96. The molecule has 3 rings (SSSR count). The van der Waals surface area contributed by atoms with Gasteiger partial charge in [-0.05, 0) is 56.1 Å². The van der Waals surface area contributed by atoms with Crippen molar-refractivity contribution in [3.05, 3.63) is 57.3 Å². The van der Waals surface area contributed by atoms with Crippen LogP contribution in [0.3, 0.4) is 0 Å². The van der Waals surface area contributed by atoms with Crippen LogP contribution in [0.1, 0.15) is 28.8 Å². The minimum Gasteiger partial charge on any atom is -0.493 e. The van der Waals surface area contributed by atoms with E-state index in [1.165, 1.54) is 6.07 Å². The SMILES string of the molecule is CNCc1c(OCC2CCN(c3ccc(Cl)cc3F)CC2)ccc(Cl)c1C=O. The van der Waals surface area contributed by atoms with E-state index in [1.54, 1.807) is 24.3 Å². The number of rotatable bonds is 7. The maximum atomic E-state index is 14.1. The standard InChI is InChI=1S/C21H23Cl2FN2O2/c1-25-11-16-17(12-27)18(23)3-5-21(16)28-13-14-6-8-26(9-7-14)20-4-2-15(22)10-19(20)24/h2-5,10,12,14,25H,6-9,11,13H2,1H3. The second kappa shape index (κ2) is 9.59. The summed E-state index contributed by atoms with van der Waals surface area (Å²) < 4.78 is 20.2. The number of piperidine rings is 1. The largest absolute Gasteiger partial charge is 0.493 e. The maximum Gasteiger partial charge on any atom is 0.152 e. The molecule has 0 atom stereocenters. The molecule has 28 heavy (non-hydrogen) atoms. The molecule has 1 N–H and O–H groups in total. The van der Waals surface area contributed by atoms with Gasteiger partial charge in [0.2, 0.25) is 0 Å². The lowest BCUT2D eigenvalue weighted by Gasteiger charge is -2.33. The Morgan fingerprint density at radius 2 is 2.00 bits per heavy atom. The highest BCUT2D eigenvalue weighted by molar-refractivity contribution is 6.33. The van der Waals surface area contributed by atoms with E-state index >= 15 is 0 Å². The van der Waals surface area contributed by atoms with Gasteiger partial charge in [0, 0.05) is 35.8 Å². The van der Waals surface area contributed by atoms with Crippen molar-refractivity contribution >= 4 is 35.2 Å². The Bertz CT molecular complexity index is 839. The molecule has 1 aliphatic heterocycles. The third kappa shape index (κ3) is 4.77. The van der Waals surface area contributed by atoms with Crippen LogP contribution in [0.4, 0.5) is 10.1 Å². The topological polar surface area (TPSA) is 41.6 Å². The highest BCUT2D eigenvalue weighted by atomic mass is 35.5. The molecule has 0 unspecified atom stereocenters. The number of anilines is 1. The van der Waals surface area contributed by atoms with E-state index in [-0.39, 0.29) is 5.82 Å². The summed E-state index contributed by atoms with van der Waals surface area (Å²) in [5.41, 5.74) is 1.82. The quantitative estimate of drug-likeness (QED) is 0.637. The molecule has 1 fully saturated rings. The van der Waals surface area contributed by atoms with Crippen molar-refractivity contribution in [3.63, 3.8) is 0 Å². The number of nitrogens with one attached hydrogen (secondary N) is 1. The Kier molecular flexibility index (Phi) is 7.16. The zero-order valence-electron chi connectivity index (χ0n) is 15.7. The molecule has 0 amide bonds. The van der Waals surface area contributed by atoms with Crippen LogP contribution in [0.15, 0.2) is 30.3 Å². The van der Waals surface area contributed by atoms with Crippen molar-refractivity contribution in [2.75, 3.05) is 31.6 Å². The lowest BCUT2D eigenvalue weighted by atomic mass is 9.97. The highest BCUT2D eigenvalue weighted by Crippen LogP contribution is 2.30. The molecule has 0 bridgehead atoms. The molecule has 150 valence electrons. The van der Waals surface area contributed by atoms with Crippen LogP contribution in [0.5, 0.6) is 5.75 Å². The van der Waals surface area contributed by atoms with E-state index in [1.807, 2.05) is 11.9 Å². The molecule has 4 nitrogen and oxygen atoms in total. The molecule has 0 radical (unpaired) electrons. The number of hydrogen-bond donors (Lipinski definition) is 1. The van der Waals surface area contributed by atoms with Crippen molar-refractivity contribution in [1.29, 1.82) is 0 Å². The van der Waals surface area contributed by atoms with Gasteiger partial charge in [-0.15, -0.1) is 0 Å². The lowest BCUT2D eigenvalue weighted by Crippen LogP contribution is -2.36. The Hall–Kier alpha value is -1.82. The summed E-state index contributed by atoms with van der Waals surface area (Å²) in [7, 11) is 1.81. The van der Waals surface area contributed by atoms with Crippen molar-refractivity contribution < 1.29 is 13.9 Å². The first-order valence-electron chi connectivity index (χ1n) is 9.27. The molecule has 0 aliphatic carbocycles. The van der Waals surface area contributed by atoms with E-state index in [0.717, 1.165) is 37.8 Å². The van der Waals surface area contributed by atoms with Crippen molar-refractivity contribution in [3.8, 4) is 5.75 Å². The van der Waals surface area contributed by atoms with E-state index in [4.69, 9.17) is 27.9 Å². The second-order valence-electron chi connectivity index (χ2n) is 6.92. The molecule has 2 aromatic carbocycles. The summed E-state index contributed by atoms with van der Waals surface area (Å²) >= 11 is 12.0. The molecule has 7 heteroatoms. The molecule has 0 spiro atoms. The van der Waals surface area contributed by atoms with Crippen LogP contribution in [0.25, 0.3) is 0 Å². The minimum atomic E-state index is -0.290. The summed E-state index contributed by atoms with van der Waals surface area (Å²) in [4.78, 5) is 13.4. The zero-order valence-corrected chi connectivity index (χ0v) is 17.2. The monoisotopic (exact) mass is 424 g/mol. The number of nitrogens with zero attached hydrogens (tertiary/aromatic N) is 1. The Labute approximate surface area is 174 Å². The van der Waals surface area contributed by atoms with E-state index < -0.39 is 0 Å². The number of aldehydes is 1. The Morgan fingerprint density at radius 1 is 1.25 bits per heavy atom. The van der Waals surface area contributed by atoms with Gasteiger partial charge < -0.3 is 15.0 Å². The normalized spacial score (nSPS) is 14.9. The van der Waals surface area contributed by atoms with Crippen LogP contribution >= 0.6 is 23.2 Å². The van der Waals surface area contributed by atoms with Gasteiger partial charge in [-0.2, -0.15) is 0 Å². The minimum absolute atomic E-state index is 0.290. The fraction of sp³-hybridized carbons (Fsp3) is 0.381. The van der Waals surface area contributed by atoms with Gasteiger partial charge in [-0.25, -0.2) is 4.39 Å². The van der Waals surface area contributed by atoms with Crippen LogP contribution in [0.2, 0.25) is 10.0 Å². The van der Waals surface area contributed by atoms with E-state index in [0.29, 0.717) is 46.1 Å². The zero-order chi connectivity index (χ0) is 20.1. The lowest BCUT2D eigenvalue weighted by molar-refractivity contribution is 0.112. The first kappa shape index (κ1) is 20.9. The second-order valence-corrected chi connectivity index (χ2v) is 7.77. The van der Waals surface area contributed by atoms with Crippen LogP contribution in [-0.2, 0) is 6.54 Å². The smallest absolute Gasteiger partial charge is 0.152 e. The van der Waals surface area contributed by atoms with Gasteiger partial charge in [0.15, 0.2) is 6.29 Å². The summed E-state index contributed by atoms with van der Waals surface area (Å²) in [6.45, 7) is 2.57. The number of halogens is 3. The van der Waals surface area contributed by atoms with Gasteiger partial charge in [0.1, 0.15) is 11.6 Å². The number of benzene rings is 2. The first-order valence-corrected chi connectivity index (χ1v) is 10.0. The molecule has 1 heterocycles. The molecule has 0 aromatic heterocycles. The van der Waals surface area contributed by atoms with Gasteiger partial charge >= 0.3 is 0 Å². The summed E-state index contributed by atoms with van der Waals surface area (Å²) in [6.07, 6.45) is 2.57. The molecular weight excluding hydrogens is 402 g/mol. The van der Waals surface area contributed by atoms with Crippen LogP contribution in [-0.4, -0.2) is 33.0 Å². The van der Waals surface area contributed by atoms with Crippen molar-refractivity contribution in [1.82, 2.24) is 5.32 Å². The number of hydrogen-bond acceptors (Lipinski definition) is 4. The molecule has 1 aliphatic rings. The van der Waals surface area contributed by atoms with Gasteiger partial charge in [-0.1, -0.05) is 23.2 Å². The molecular formula is C21H23Cl2FN2O2. The Morgan fingerprint density at radius 3 is 2.64 bits per heavy atom. The molecule has 0 saturated carbocycles. The van der Waals surface area contributed by atoms with Crippen molar-refractivity contribution in [2.45, 2.75) is 19.4 Å². The first-order chi connectivity index (χ1) is 13.5. The summed E-state index contributed by atoms with van der Waals surface area (Å²) in [6, 6.07) is 8.28. The van der Waals surface area contributed by atoms with E-state index in [9.17, 15) is 9.18 Å². The Balaban J connectivity index is 1.61. The number of ether oxygens (including phenoxy) is 1. The fourth-order valence-electron chi connectivity index (χ4n) is 3.52. The average molecular weight is 425 g/mol. The third-order valence-corrected chi connectivity index (χ3v) is 5.64.